The average Bonchev–Trinajstić information content (AvgIpc) is 2.97. The van der Waals surface area contributed by atoms with Crippen molar-refractivity contribution in [3.63, 3.8) is 0 Å². The number of hydrogen-bond donors (Lipinski definition) is 0. The maximum atomic E-state index is 14.2. The van der Waals surface area contributed by atoms with E-state index in [1.165, 1.54) is 49.9 Å². The van der Waals surface area contributed by atoms with Gasteiger partial charge in [-0.05, 0) is 122 Å². The standard InChI is InChI=1S/C36H46F4O/c1-3-5-25-7-11-27(12-8-25)31(29-15-17-33(37)35(39)23-29)19-21-41-22-20-32(30-16-18-34(38)36(40)24-30)28-13-9-26(6-4-2)10-14-28/h15-20,23-28H,3-14,21-22H2,1-2H3/t25-,26-,27-,28-. The summed E-state index contributed by atoms with van der Waals surface area (Å²) in [6.07, 6.45) is 17.7. The molecule has 224 valence electrons. The Kier molecular flexibility index (Phi) is 12.1. The molecule has 0 N–H and O–H groups in total. The van der Waals surface area contributed by atoms with Crippen molar-refractivity contribution in [2.45, 2.75) is 90.9 Å². The average molecular weight is 571 g/mol. The topological polar surface area (TPSA) is 9.23 Å². The highest BCUT2D eigenvalue weighted by Crippen LogP contribution is 2.41. The van der Waals surface area contributed by atoms with Crippen LogP contribution >= 0.6 is 0 Å². The fourth-order valence-corrected chi connectivity index (χ4v) is 7.10. The zero-order valence-corrected chi connectivity index (χ0v) is 24.7. The SMILES string of the molecule is CCC[C@H]1CC[C@H](C(=CCOCC=C(c2ccc(F)c(F)c2)[C@H]2CC[C@H](CCC)CC2)c2ccc(F)c(F)c2)CC1. The van der Waals surface area contributed by atoms with E-state index in [0.29, 0.717) is 36.2 Å². The highest BCUT2D eigenvalue weighted by molar-refractivity contribution is 5.68. The smallest absolute Gasteiger partial charge is 0.159 e. The largest absolute Gasteiger partial charge is 0.373 e. The fraction of sp³-hybridized carbons (Fsp3) is 0.556. The molecule has 2 fully saturated rings. The Labute approximate surface area is 244 Å². The molecular weight excluding hydrogens is 524 g/mol. The summed E-state index contributed by atoms with van der Waals surface area (Å²) < 4.78 is 61.8. The van der Waals surface area contributed by atoms with E-state index in [-0.39, 0.29) is 0 Å². The molecule has 2 aliphatic rings. The van der Waals surface area contributed by atoms with Gasteiger partial charge < -0.3 is 4.74 Å². The van der Waals surface area contributed by atoms with Crippen LogP contribution in [0.1, 0.15) is 102 Å². The molecule has 0 saturated heterocycles. The van der Waals surface area contributed by atoms with Crippen LogP contribution in [0, 0.1) is 46.9 Å². The Morgan fingerprint density at radius 3 is 1.34 bits per heavy atom. The molecule has 0 aromatic heterocycles. The molecule has 0 aliphatic heterocycles. The van der Waals surface area contributed by atoms with Crippen molar-refractivity contribution >= 4 is 11.1 Å². The van der Waals surface area contributed by atoms with Gasteiger partial charge in [-0.25, -0.2) is 17.6 Å². The first kappa shape index (κ1) is 31.5. The molecule has 0 unspecified atom stereocenters. The minimum absolute atomic E-state index is 0.295. The first-order valence-electron chi connectivity index (χ1n) is 15.8. The molecule has 0 amide bonds. The third kappa shape index (κ3) is 8.80. The highest BCUT2D eigenvalue weighted by Gasteiger charge is 2.26. The van der Waals surface area contributed by atoms with Crippen LogP contribution in [0.25, 0.3) is 11.1 Å². The first-order chi connectivity index (χ1) is 19.9. The highest BCUT2D eigenvalue weighted by atomic mass is 19.2. The summed E-state index contributed by atoms with van der Waals surface area (Å²) in [6.45, 7) is 5.13. The van der Waals surface area contributed by atoms with Gasteiger partial charge >= 0.3 is 0 Å². The Hall–Kier alpha value is -2.40. The third-order valence-electron chi connectivity index (χ3n) is 9.32. The van der Waals surface area contributed by atoms with Gasteiger partial charge in [-0.1, -0.05) is 63.8 Å². The van der Waals surface area contributed by atoms with Gasteiger partial charge in [0.2, 0.25) is 0 Å². The van der Waals surface area contributed by atoms with E-state index >= 15 is 0 Å². The van der Waals surface area contributed by atoms with Crippen LogP contribution in [0.4, 0.5) is 17.6 Å². The van der Waals surface area contributed by atoms with Gasteiger partial charge in [0, 0.05) is 0 Å². The molecule has 2 aromatic carbocycles. The summed E-state index contributed by atoms with van der Waals surface area (Å²) in [6, 6.07) is 8.34. The predicted molar refractivity (Wildman–Crippen MR) is 160 cm³/mol. The number of benzene rings is 2. The summed E-state index contributed by atoms with van der Waals surface area (Å²) in [4.78, 5) is 0. The molecule has 2 saturated carbocycles. The third-order valence-corrected chi connectivity index (χ3v) is 9.32. The van der Waals surface area contributed by atoms with Crippen molar-refractivity contribution in [3.05, 3.63) is 82.9 Å². The van der Waals surface area contributed by atoms with Crippen molar-refractivity contribution < 1.29 is 22.3 Å². The second kappa shape index (κ2) is 15.7. The lowest BCUT2D eigenvalue weighted by Gasteiger charge is -2.30. The second-order valence-electron chi connectivity index (χ2n) is 12.1. The van der Waals surface area contributed by atoms with E-state index in [9.17, 15) is 17.6 Å². The molecule has 0 spiro atoms. The van der Waals surface area contributed by atoms with E-state index in [4.69, 9.17) is 4.74 Å². The second-order valence-corrected chi connectivity index (χ2v) is 12.1. The molecule has 0 bridgehead atoms. The maximum absolute atomic E-state index is 14.2. The summed E-state index contributed by atoms with van der Waals surface area (Å²) in [5.41, 5.74) is 3.48. The van der Waals surface area contributed by atoms with E-state index in [0.717, 1.165) is 74.3 Å². The number of halogens is 4. The zero-order valence-electron chi connectivity index (χ0n) is 24.7. The van der Waals surface area contributed by atoms with Gasteiger partial charge in [-0.15, -0.1) is 0 Å². The Bertz CT molecular complexity index is 1080. The van der Waals surface area contributed by atoms with E-state index in [1.807, 2.05) is 12.2 Å². The monoisotopic (exact) mass is 570 g/mol. The van der Waals surface area contributed by atoms with Crippen LogP contribution in [-0.4, -0.2) is 13.2 Å². The summed E-state index contributed by atoms with van der Waals surface area (Å²) in [5, 5.41) is 0. The van der Waals surface area contributed by atoms with Gasteiger partial charge in [0.25, 0.3) is 0 Å². The lowest BCUT2D eigenvalue weighted by molar-refractivity contribution is 0.193. The predicted octanol–water partition coefficient (Wildman–Crippen LogP) is 10.9. The van der Waals surface area contributed by atoms with E-state index < -0.39 is 23.3 Å². The molecule has 1 nitrogen and oxygen atoms in total. The van der Waals surface area contributed by atoms with Crippen molar-refractivity contribution in [2.24, 2.45) is 23.7 Å². The fourth-order valence-electron chi connectivity index (χ4n) is 7.10. The van der Waals surface area contributed by atoms with Gasteiger partial charge in [0.05, 0.1) is 13.2 Å². The number of allylic oxidation sites excluding steroid dienone is 2. The number of hydrogen-bond acceptors (Lipinski definition) is 1. The molecule has 0 heterocycles. The molecule has 41 heavy (non-hydrogen) atoms. The van der Waals surface area contributed by atoms with E-state index in [1.54, 1.807) is 12.1 Å². The first-order valence-corrected chi connectivity index (χ1v) is 15.8. The lowest BCUT2D eigenvalue weighted by atomic mass is 9.75. The summed E-state index contributed by atoms with van der Waals surface area (Å²) in [7, 11) is 0. The van der Waals surface area contributed by atoms with Crippen LogP contribution in [0.2, 0.25) is 0 Å². The Balaban J connectivity index is 1.47. The van der Waals surface area contributed by atoms with Crippen LogP contribution < -0.4 is 0 Å². The molecule has 5 heteroatoms. The van der Waals surface area contributed by atoms with Crippen LogP contribution in [0.15, 0.2) is 48.6 Å². The summed E-state index contributed by atoms with van der Waals surface area (Å²) >= 11 is 0. The lowest BCUT2D eigenvalue weighted by Crippen LogP contribution is -2.17. The quantitative estimate of drug-likeness (QED) is 0.182. The van der Waals surface area contributed by atoms with Gasteiger partial charge in [-0.3, -0.25) is 0 Å². The summed E-state index contributed by atoms with van der Waals surface area (Å²) in [5.74, 6) is -1.26. The maximum Gasteiger partial charge on any atom is 0.159 e. The normalized spacial score (nSPS) is 24.0. The molecule has 2 aromatic rings. The zero-order chi connectivity index (χ0) is 29.2. The van der Waals surface area contributed by atoms with Crippen molar-refractivity contribution in [1.82, 2.24) is 0 Å². The van der Waals surface area contributed by atoms with Crippen LogP contribution in [0.5, 0.6) is 0 Å². The molecule has 2 aliphatic carbocycles. The number of ether oxygens (including phenoxy) is 1. The Morgan fingerprint density at radius 2 is 1.00 bits per heavy atom. The molecule has 4 rings (SSSR count). The molecular formula is C36H46F4O. The van der Waals surface area contributed by atoms with E-state index in [2.05, 4.69) is 13.8 Å². The van der Waals surface area contributed by atoms with Gasteiger partial charge in [0.1, 0.15) is 0 Å². The number of rotatable bonds is 12. The van der Waals surface area contributed by atoms with Gasteiger partial charge in [-0.2, -0.15) is 0 Å². The van der Waals surface area contributed by atoms with Crippen LogP contribution in [0.3, 0.4) is 0 Å². The molecule has 0 radical (unpaired) electrons. The van der Waals surface area contributed by atoms with Gasteiger partial charge in [0.15, 0.2) is 23.3 Å². The minimum atomic E-state index is -0.838. The van der Waals surface area contributed by atoms with Crippen molar-refractivity contribution in [1.29, 1.82) is 0 Å². The minimum Gasteiger partial charge on any atom is -0.373 e. The van der Waals surface area contributed by atoms with Crippen molar-refractivity contribution in [2.75, 3.05) is 13.2 Å². The molecule has 0 atom stereocenters. The van der Waals surface area contributed by atoms with Crippen LogP contribution in [-0.2, 0) is 4.74 Å². The van der Waals surface area contributed by atoms with Crippen molar-refractivity contribution in [3.8, 4) is 0 Å². The Morgan fingerprint density at radius 1 is 0.610 bits per heavy atom.